The van der Waals surface area contributed by atoms with E-state index >= 15 is 0 Å². The summed E-state index contributed by atoms with van der Waals surface area (Å²) < 4.78 is 0. The van der Waals surface area contributed by atoms with Crippen molar-refractivity contribution < 1.29 is 9.59 Å². The number of halogens is 2. The van der Waals surface area contributed by atoms with Crippen LogP contribution in [0.3, 0.4) is 0 Å². The Labute approximate surface area is 188 Å². The van der Waals surface area contributed by atoms with Gasteiger partial charge in [0.25, 0.3) is 0 Å². The Kier molecular flexibility index (Phi) is 8.00. The molecule has 0 fully saturated rings. The van der Waals surface area contributed by atoms with Gasteiger partial charge in [-0.15, -0.1) is 11.6 Å². The molecule has 29 heavy (non-hydrogen) atoms. The second-order valence-corrected chi connectivity index (χ2v) is 10.6. The summed E-state index contributed by atoms with van der Waals surface area (Å²) in [5, 5.41) is 0.597. The Morgan fingerprint density at radius 1 is 0.862 bits per heavy atom. The molecule has 0 spiro atoms. The van der Waals surface area contributed by atoms with Crippen LogP contribution in [-0.2, 0) is 11.5 Å². The highest BCUT2D eigenvalue weighted by molar-refractivity contribution is 7.97. The van der Waals surface area contributed by atoms with Crippen LogP contribution >= 0.6 is 35.0 Å². The minimum absolute atomic E-state index is 0.00139. The smallest absolute Gasteiger partial charge is 0.169 e. The van der Waals surface area contributed by atoms with Crippen molar-refractivity contribution in [3.05, 3.63) is 69.7 Å². The molecule has 0 aliphatic heterocycles. The number of hydrogen-bond acceptors (Lipinski definition) is 3. The lowest BCUT2D eigenvalue weighted by molar-refractivity contribution is 0.0854. The van der Waals surface area contributed by atoms with Crippen molar-refractivity contribution >= 4 is 46.5 Å². The average molecular weight is 451 g/mol. The second-order valence-electron chi connectivity index (χ2n) is 8.92. The van der Waals surface area contributed by atoms with Gasteiger partial charge < -0.3 is 0 Å². The summed E-state index contributed by atoms with van der Waals surface area (Å²) in [6, 6.07) is 13.3. The SMILES string of the molecule is CC(C)(C)C(=O)c1ccc(CSCc2ccc(C(=O)C(C)(C)CCl)cc2Cl)cc1. The van der Waals surface area contributed by atoms with Crippen molar-refractivity contribution in [2.45, 2.75) is 46.1 Å². The van der Waals surface area contributed by atoms with E-state index < -0.39 is 5.41 Å². The van der Waals surface area contributed by atoms with Gasteiger partial charge in [0, 0.05) is 44.4 Å². The van der Waals surface area contributed by atoms with Crippen LogP contribution in [0.15, 0.2) is 42.5 Å². The van der Waals surface area contributed by atoms with Crippen molar-refractivity contribution in [2.24, 2.45) is 10.8 Å². The summed E-state index contributed by atoms with van der Waals surface area (Å²) in [6.07, 6.45) is 0. The van der Waals surface area contributed by atoms with Gasteiger partial charge >= 0.3 is 0 Å². The van der Waals surface area contributed by atoms with E-state index in [4.69, 9.17) is 23.2 Å². The van der Waals surface area contributed by atoms with E-state index in [1.54, 1.807) is 17.8 Å². The van der Waals surface area contributed by atoms with Crippen molar-refractivity contribution in [1.29, 1.82) is 0 Å². The Balaban J connectivity index is 1.97. The van der Waals surface area contributed by atoms with Gasteiger partial charge in [-0.25, -0.2) is 0 Å². The number of ketones is 2. The maximum absolute atomic E-state index is 12.5. The van der Waals surface area contributed by atoms with Gasteiger partial charge in [-0.3, -0.25) is 9.59 Å². The Bertz CT molecular complexity index is 881. The fraction of sp³-hybridized carbons (Fsp3) is 0.417. The van der Waals surface area contributed by atoms with E-state index in [9.17, 15) is 9.59 Å². The van der Waals surface area contributed by atoms with Crippen molar-refractivity contribution in [3.8, 4) is 0 Å². The van der Waals surface area contributed by atoms with Gasteiger partial charge in [0.15, 0.2) is 11.6 Å². The summed E-state index contributed by atoms with van der Waals surface area (Å²) in [6.45, 7) is 9.45. The molecular weight excluding hydrogens is 423 g/mol. The maximum Gasteiger partial charge on any atom is 0.169 e. The fourth-order valence-corrected chi connectivity index (χ4v) is 4.17. The zero-order chi connectivity index (χ0) is 21.8. The summed E-state index contributed by atoms with van der Waals surface area (Å²) in [5.74, 6) is 1.98. The molecule has 0 amide bonds. The number of alkyl halides is 1. The molecule has 0 N–H and O–H groups in total. The zero-order valence-electron chi connectivity index (χ0n) is 17.6. The van der Waals surface area contributed by atoms with E-state index in [0.717, 1.165) is 28.2 Å². The molecule has 0 saturated carbocycles. The minimum atomic E-state index is -0.609. The molecule has 2 rings (SSSR count). The molecule has 0 heterocycles. The number of carbonyl (C=O) groups excluding carboxylic acids is 2. The number of Topliss-reactive ketones (excluding diaryl/α,β-unsaturated/α-hetero) is 2. The molecular formula is C24H28Cl2O2S. The summed E-state index contributed by atoms with van der Waals surface area (Å²) in [7, 11) is 0. The van der Waals surface area contributed by atoms with E-state index in [2.05, 4.69) is 0 Å². The third-order valence-electron chi connectivity index (χ3n) is 4.69. The molecule has 0 bridgehead atoms. The fourth-order valence-electron chi connectivity index (χ4n) is 2.72. The lowest BCUT2D eigenvalue weighted by atomic mass is 9.86. The second kappa shape index (κ2) is 9.68. The van der Waals surface area contributed by atoms with Gasteiger partial charge in [0.05, 0.1) is 0 Å². The predicted octanol–water partition coefficient (Wildman–Crippen LogP) is 7.45. The van der Waals surface area contributed by atoms with E-state index in [0.29, 0.717) is 10.6 Å². The highest BCUT2D eigenvalue weighted by Crippen LogP contribution is 2.29. The van der Waals surface area contributed by atoms with Gasteiger partial charge in [-0.2, -0.15) is 11.8 Å². The van der Waals surface area contributed by atoms with Crippen LogP contribution in [0.2, 0.25) is 5.02 Å². The number of hydrogen-bond donors (Lipinski definition) is 0. The van der Waals surface area contributed by atoms with E-state index in [-0.39, 0.29) is 22.9 Å². The molecule has 2 aromatic carbocycles. The molecule has 5 heteroatoms. The largest absolute Gasteiger partial charge is 0.294 e. The van der Waals surface area contributed by atoms with Crippen LogP contribution in [0.1, 0.15) is 66.5 Å². The number of carbonyl (C=O) groups is 2. The topological polar surface area (TPSA) is 34.1 Å². The predicted molar refractivity (Wildman–Crippen MR) is 126 cm³/mol. The summed E-state index contributed by atoms with van der Waals surface area (Å²) in [4.78, 5) is 24.8. The lowest BCUT2D eigenvalue weighted by Gasteiger charge is -2.20. The normalized spacial score (nSPS) is 12.1. The molecule has 2 aromatic rings. The van der Waals surface area contributed by atoms with Crippen molar-refractivity contribution in [3.63, 3.8) is 0 Å². The van der Waals surface area contributed by atoms with Gasteiger partial charge in [0.2, 0.25) is 0 Å². The first-order valence-corrected chi connectivity index (χ1v) is 11.6. The number of thioether (sulfide) groups is 1. The number of rotatable bonds is 8. The molecule has 0 unspecified atom stereocenters. The Morgan fingerprint density at radius 3 is 1.97 bits per heavy atom. The van der Waals surface area contributed by atoms with Crippen LogP contribution in [0.5, 0.6) is 0 Å². The van der Waals surface area contributed by atoms with Crippen molar-refractivity contribution in [1.82, 2.24) is 0 Å². The molecule has 0 aliphatic rings. The third-order valence-corrected chi connectivity index (χ3v) is 6.76. The Morgan fingerprint density at radius 2 is 1.45 bits per heavy atom. The molecule has 0 saturated heterocycles. The minimum Gasteiger partial charge on any atom is -0.294 e. The van der Waals surface area contributed by atoms with Crippen LogP contribution < -0.4 is 0 Å². The standard InChI is InChI=1S/C24H28Cl2O2S/c1-23(2,3)21(27)17-8-6-16(7-9-17)13-29-14-19-11-10-18(12-20(19)26)22(28)24(4,5)15-25/h6-12H,13-15H2,1-5H3. The number of benzene rings is 2. The highest BCUT2D eigenvalue weighted by Gasteiger charge is 2.28. The summed E-state index contributed by atoms with van der Waals surface area (Å²) >= 11 is 14.1. The third kappa shape index (κ3) is 6.34. The Hall–Kier alpha value is -1.29. The van der Waals surface area contributed by atoms with Crippen LogP contribution in [-0.4, -0.2) is 17.4 Å². The van der Waals surface area contributed by atoms with Crippen LogP contribution in [0, 0.1) is 10.8 Å². The van der Waals surface area contributed by atoms with Crippen molar-refractivity contribution in [2.75, 3.05) is 5.88 Å². The van der Waals surface area contributed by atoms with Gasteiger partial charge in [-0.05, 0) is 17.2 Å². The molecule has 156 valence electrons. The zero-order valence-corrected chi connectivity index (χ0v) is 20.0. The first-order chi connectivity index (χ1) is 13.5. The highest BCUT2D eigenvalue weighted by atomic mass is 35.5. The van der Waals surface area contributed by atoms with E-state index in [1.165, 1.54) is 0 Å². The first kappa shape index (κ1) is 24.0. The van der Waals surface area contributed by atoms with Crippen LogP contribution in [0.25, 0.3) is 0 Å². The monoisotopic (exact) mass is 450 g/mol. The first-order valence-electron chi connectivity index (χ1n) is 9.56. The van der Waals surface area contributed by atoms with Crippen LogP contribution in [0.4, 0.5) is 0 Å². The molecule has 0 aromatic heterocycles. The molecule has 0 atom stereocenters. The molecule has 2 nitrogen and oxygen atoms in total. The average Bonchev–Trinajstić information content (AvgIpc) is 2.67. The summed E-state index contributed by atoms with van der Waals surface area (Å²) in [5.41, 5.74) is 2.51. The quantitative estimate of drug-likeness (QED) is 0.309. The molecule has 0 aliphatic carbocycles. The lowest BCUT2D eigenvalue weighted by Crippen LogP contribution is -2.26. The van der Waals surface area contributed by atoms with E-state index in [1.807, 2.05) is 71.0 Å². The maximum atomic E-state index is 12.5. The van der Waals surface area contributed by atoms with Gasteiger partial charge in [-0.1, -0.05) is 82.6 Å². The molecule has 0 radical (unpaired) electrons. The van der Waals surface area contributed by atoms with Gasteiger partial charge in [0.1, 0.15) is 0 Å².